The molecule has 0 bridgehead atoms. The lowest BCUT2D eigenvalue weighted by Gasteiger charge is -2.28. The van der Waals surface area contributed by atoms with Crippen molar-refractivity contribution in [3.63, 3.8) is 0 Å². The van der Waals surface area contributed by atoms with Gasteiger partial charge in [0, 0.05) is 5.92 Å². The average Bonchev–Trinajstić information content (AvgIpc) is 1.86. The van der Waals surface area contributed by atoms with E-state index in [2.05, 4.69) is 0 Å². The van der Waals surface area contributed by atoms with Crippen LogP contribution in [0.1, 0.15) is 26.7 Å². The third kappa shape index (κ3) is 2.31. The maximum Gasteiger partial charge on any atom is 0.0800 e. The van der Waals surface area contributed by atoms with E-state index in [0.29, 0.717) is 0 Å². The molecule has 2 N–H and O–H groups in total. The topological polar surface area (TPSA) is 40.5 Å². The lowest BCUT2D eigenvalue weighted by Crippen LogP contribution is -2.29. The lowest BCUT2D eigenvalue weighted by molar-refractivity contribution is 0.0673. The maximum atomic E-state index is 9.51. The number of aliphatic hydroxyl groups excluding tert-OH is 1. The van der Waals surface area contributed by atoms with Gasteiger partial charge in [0.25, 0.3) is 0 Å². The number of hydrogen-bond acceptors (Lipinski definition) is 2. The summed E-state index contributed by atoms with van der Waals surface area (Å²) in [5, 5.41) is 18.7. The Bertz CT molecular complexity index is 159. The van der Waals surface area contributed by atoms with Crippen LogP contribution < -0.4 is 0 Å². The van der Waals surface area contributed by atoms with E-state index in [0.717, 1.165) is 12.8 Å². The van der Waals surface area contributed by atoms with Gasteiger partial charge in [0.2, 0.25) is 0 Å². The molecule has 0 amide bonds. The van der Waals surface area contributed by atoms with E-state index < -0.39 is 5.60 Å². The Labute approximate surface area is 67.6 Å². The molecule has 1 rings (SSSR count). The first-order valence-corrected chi connectivity index (χ1v) is 4.11. The summed E-state index contributed by atoms with van der Waals surface area (Å²) in [4.78, 5) is 0. The van der Waals surface area contributed by atoms with Gasteiger partial charge in [-0.05, 0) is 26.7 Å². The first-order valence-electron chi connectivity index (χ1n) is 4.11. The monoisotopic (exact) mass is 156 g/mol. The fourth-order valence-electron chi connectivity index (χ4n) is 1.37. The minimum absolute atomic E-state index is 0.232. The van der Waals surface area contributed by atoms with Gasteiger partial charge in [0.05, 0.1) is 11.7 Å². The summed E-state index contributed by atoms with van der Waals surface area (Å²) in [6.45, 7) is 3.58. The third-order valence-electron chi connectivity index (χ3n) is 2.31. The van der Waals surface area contributed by atoms with Crippen molar-refractivity contribution < 1.29 is 10.2 Å². The molecule has 0 aromatic carbocycles. The molecule has 0 aromatic rings. The fraction of sp³-hybridized carbons (Fsp3) is 0.778. The molecule has 0 aliphatic heterocycles. The van der Waals surface area contributed by atoms with Gasteiger partial charge in [0.15, 0.2) is 0 Å². The molecular formula is C9H16O2. The normalized spacial score (nSPS) is 40.5. The highest BCUT2D eigenvalue weighted by Crippen LogP contribution is 2.26. The molecule has 1 aliphatic carbocycles. The second kappa shape index (κ2) is 2.95. The van der Waals surface area contributed by atoms with Gasteiger partial charge < -0.3 is 10.2 Å². The molecule has 0 radical (unpaired) electrons. The largest absolute Gasteiger partial charge is 0.393 e. The van der Waals surface area contributed by atoms with Crippen molar-refractivity contribution in [3.8, 4) is 0 Å². The van der Waals surface area contributed by atoms with E-state index in [9.17, 15) is 10.2 Å². The lowest BCUT2D eigenvalue weighted by atomic mass is 9.84. The quantitative estimate of drug-likeness (QED) is 0.558. The van der Waals surface area contributed by atoms with Crippen LogP contribution in [0.4, 0.5) is 0 Å². The molecule has 3 atom stereocenters. The average molecular weight is 156 g/mol. The van der Waals surface area contributed by atoms with Crippen LogP contribution >= 0.6 is 0 Å². The third-order valence-corrected chi connectivity index (χ3v) is 2.31. The predicted octanol–water partition coefficient (Wildman–Crippen LogP) is 1.08. The van der Waals surface area contributed by atoms with Gasteiger partial charge in [-0.15, -0.1) is 0 Å². The standard InChI is InChI=1S/C9H16O2/c1-7(10)8-3-5-9(2,11)6-4-8/h3,5,7-8,10-11H,4,6H2,1-2H3/t7?,8-,9-/m0/s1. The maximum absolute atomic E-state index is 9.51. The minimum atomic E-state index is -0.647. The Balaban J connectivity index is 2.56. The summed E-state index contributed by atoms with van der Waals surface area (Å²) in [5.74, 6) is 0.232. The molecule has 1 unspecified atom stereocenters. The zero-order chi connectivity index (χ0) is 8.48. The van der Waals surface area contributed by atoms with Crippen LogP contribution in [0.15, 0.2) is 12.2 Å². The van der Waals surface area contributed by atoms with E-state index in [1.165, 1.54) is 0 Å². The van der Waals surface area contributed by atoms with Gasteiger partial charge in [-0.3, -0.25) is 0 Å². The van der Waals surface area contributed by atoms with E-state index in [1.54, 1.807) is 19.9 Å². The van der Waals surface area contributed by atoms with Gasteiger partial charge in [-0.2, -0.15) is 0 Å². The molecule has 0 fully saturated rings. The van der Waals surface area contributed by atoms with Crippen LogP contribution in [0.3, 0.4) is 0 Å². The molecule has 0 saturated heterocycles. The van der Waals surface area contributed by atoms with Gasteiger partial charge >= 0.3 is 0 Å². The van der Waals surface area contributed by atoms with Crippen LogP contribution in [0.5, 0.6) is 0 Å². The summed E-state index contributed by atoms with van der Waals surface area (Å²) in [6, 6.07) is 0. The van der Waals surface area contributed by atoms with Gasteiger partial charge in [-0.25, -0.2) is 0 Å². The number of aliphatic hydroxyl groups is 2. The Hall–Kier alpha value is -0.340. The second-order valence-corrected chi connectivity index (χ2v) is 3.66. The fourth-order valence-corrected chi connectivity index (χ4v) is 1.37. The Morgan fingerprint density at radius 1 is 1.64 bits per heavy atom. The van der Waals surface area contributed by atoms with Crippen LogP contribution in [0, 0.1) is 5.92 Å². The van der Waals surface area contributed by atoms with Crippen molar-refractivity contribution in [1.29, 1.82) is 0 Å². The zero-order valence-electron chi connectivity index (χ0n) is 7.12. The van der Waals surface area contributed by atoms with Crippen molar-refractivity contribution in [1.82, 2.24) is 0 Å². The summed E-state index contributed by atoms with van der Waals surface area (Å²) in [6.07, 6.45) is 5.03. The SMILES string of the molecule is CC(O)[C@H]1C=C[C@](C)(O)CC1. The smallest absolute Gasteiger partial charge is 0.0800 e. The number of hydrogen-bond donors (Lipinski definition) is 2. The van der Waals surface area contributed by atoms with Gasteiger partial charge in [0.1, 0.15) is 0 Å². The Kier molecular flexibility index (Phi) is 2.35. The molecule has 64 valence electrons. The molecule has 1 aliphatic rings. The molecule has 0 aromatic heterocycles. The highest BCUT2D eigenvalue weighted by molar-refractivity contribution is 5.06. The van der Waals surface area contributed by atoms with Crippen molar-refractivity contribution >= 4 is 0 Å². The summed E-state index contributed by atoms with van der Waals surface area (Å²) in [7, 11) is 0. The van der Waals surface area contributed by atoms with Crippen LogP contribution in [-0.4, -0.2) is 21.9 Å². The summed E-state index contributed by atoms with van der Waals surface area (Å²) < 4.78 is 0. The van der Waals surface area contributed by atoms with E-state index in [4.69, 9.17) is 0 Å². The van der Waals surface area contributed by atoms with Crippen molar-refractivity contribution in [2.45, 2.75) is 38.4 Å². The molecule has 2 heteroatoms. The number of rotatable bonds is 1. The van der Waals surface area contributed by atoms with Crippen LogP contribution in [0.2, 0.25) is 0 Å². The molecule has 0 heterocycles. The predicted molar refractivity (Wildman–Crippen MR) is 44.2 cm³/mol. The summed E-state index contributed by atoms with van der Waals surface area (Å²) >= 11 is 0. The Morgan fingerprint density at radius 3 is 2.64 bits per heavy atom. The first kappa shape index (κ1) is 8.75. The van der Waals surface area contributed by atoms with E-state index in [1.807, 2.05) is 6.08 Å². The van der Waals surface area contributed by atoms with Crippen molar-refractivity contribution in [2.24, 2.45) is 5.92 Å². The molecule has 11 heavy (non-hydrogen) atoms. The Morgan fingerprint density at radius 2 is 2.27 bits per heavy atom. The molecule has 2 nitrogen and oxygen atoms in total. The highest BCUT2D eigenvalue weighted by atomic mass is 16.3. The first-order chi connectivity index (χ1) is 5.01. The van der Waals surface area contributed by atoms with Crippen molar-refractivity contribution in [2.75, 3.05) is 0 Å². The molecule has 0 spiro atoms. The second-order valence-electron chi connectivity index (χ2n) is 3.66. The van der Waals surface area contributed by atoms with Crippen LogP contribution in [0.25, 0.3) is 0 Å². The molecular weight excluding hydrogens is 140 g/mol. The molecule has 0 saturated carbocycles. The van der Waals surface area contributed by atoms with Crippen LogP contribution in [-0.2, 0) is 0 Å². The van der Waals surface area contributed by atoms with E-state index in [-0.39, 0.29) is 12.0 Å². The van der Waals surface area contributed by atoms with E-state index >= 15 is 0 Å². The zero-order valence-corrected chi connectivity index (χ0v) is 7.12. The van der Waals surface area contributed by atoms with Gasteiger partial charge in [-0.1, -0.05) is 12.2 Å². The summed E-state index contributed by atoms with van der Waals surface area (Å²) in [5.41, 5.74) is -0.647. The minimum Gasteiger partial charge on any atom is -0.393 e. The van der Waals surface area contributed by atoms with Crippen molar-refractivity contribution in [3.05, 3.63) is 12.2 Å². The highest BCUT2D eigenvalue weighted by Gasteiger charge is 2.25.